The maximum atomic E-state index is 14.9. The minimum Gasteiger partial charge on any atom is -0.368 e. The molecule has 0 aromatic heterocycles. The molecule has 0 unspecified atom stereocenters. The van der Waals surface area contributed by atoms with Gasteiger partial charge in [-0.25, -0.2) is 4.39 Å². The van der Waals surface area contributed by atoms with Gasteiger partial charge in [0.2, 0.25) is 23.6 Å². The molecule has 2 heterocycles. The molecule has 4 rings (SSSR count). The van der Waals surface area contributed by atoms with Crippen LogP contribution >= 0.6 is 0 Å². The zero-order valence-corrected chi connectivity index (χ0v) is 23.3. The molecular formula is C26H35F6N5O5. The first-order valence-electron chi connectivity index (χ1n) is 13.8. The highest BCUT2D eigenvalue weighted by Crippen LogP contribution is 2.58. The lowest BCUT2D eigenvalue weighted by Gasteiger charge is -2.38. The topological polar surface area (TPSA) is 151 Å². The molecule has 2 aliphatic heterocycles. The first-order chi connectivity index (χ1) is 19.3. The third kappa shape index (κ3) is 5.64. The van der Waals surface area contributed by atoms with Gasteiger partial charge in [0.25, 0.3) is 0 Å². The Morgan fingerprint density at radius 1 is 1.05 bits per heavy atom. The number of nitrogens with zero attached hydrogens (tertiary/aromatic N) is 1. The molecule has 236 valence electrons. The Hall–Kier alpha value is -3.07. The lowest BCUT2D eigenvalue weighted by Crippen LogP contribution is -2.63. The van der Waals surface area contributed by atoms with Crippen molar-refractivity contribution in [2.24, 2.45) is 40.7 Å². The molecule has 16 heteroatoms. The van der Waals surface area contributed by atoms with Crippen molar-refractivity contribution >= 4 is 29.5 Å². The van der Waals surface area contributed by atoms with Gasteiger partial charge in [0.05, 0.1) is 0 Å². The summed E-state index contributed by atoms with van der Waals surface area (Å²) in [7, 11) is 0. The standard InChI is InChI=1S/C26H35F6N5O5/c1-24(2,3)18(36-23(42)25(28,29)26(30,31)32)22(41)37-9-13-11-6-12(14(27)7-11)16(13)17(37)21(40)35-15(19(33)38)8-10-4-5-34-20(10)39/h10-18H,4-9H2,1-3H3,(H2,33,38)(H,34,39)(H,35,40)(H,36,42)/t10-,11-,12+,13+,14+,15-,16-,17-,18+/m0/s1. The summed E-state index contributed by atoms with van der Waals surface area (Å²) in [6, 6.07) is -4.66. The average Bonchev–Trinajstić information content (AvgIpc) is 3.61. The second-order valence-electron chi connectivity index (χ2n) is 12.9. The predicted molar refractivity (Wildman–Crippen MR) is 133 cm³/mol. The molecule has 0 aromatic rings. The number of hydrogen-bond donors (Lipinski definition) is 4. The number of rotatable bonds is 8. The van der Waals surface area contributed by atoms with Crippen LogP contribution in [0.15, 0.2) is 0 Å². The van der Waals surface area contributed by atoms with Crippen LogP contribution in [-0.4, -0.2) is 83.9 Å². The molecule has 2 saturated carbocycles. The number of amides is 5. The van der Waals surface area contributed by atoms with E-state index in [4.69, 9.17) is 5.73 Å². The number of carbonyl (C=O) groups is 5. The molecule has 2 aliphatic carbocycles. The smallest absolute Gasteiger partial charge is 0.368 e. The van der Waals surface area contributed by atoms with E-state index in [2.05, 4.69) is 10.6 Å². The second-order valence-corrected chi connectivity index (χ2v) is 12.9. The Morgan fingerprint density at radius 2 is 1.69 bits per heavy atom. The fourth-order valence-corrected chi connectivity index (χ4v) is 7.09. The molecule has 5 amide bonds. The van der Waals surface area contributed by atoms with E-state index in [9.17, 15) is 50.3 Å². The predicted octanol–water partition coefficient (Wildman–Crippen LogP) is 1.03. The van der Waals surface area contributed by atoms with Crippen molar-refractivity contribution in [3.63, 3.8) is 0 Å². The first-order valence-corrected chi connectivity index (χ1v) is 13.8. The fraction of sp³-hybridized carbons (Fsp3) is 0.808. The average molecular weight is 612 g/mol. The van der Waals surface area contributed by atoms with E-state index in [1.807, 2.05) is 0 Å². The summed E-state index contributed by atoms with van der Waals surface area (Å²) in [6.07, 6.45) is -6.60. The fourth-order valence-electron chi connectivity index (χ4n) is 7.09. The van der Waals surface area contributed by atoms with E-state index < -0.39 is 83.2 Å². The molecule has 42 heavy (non-hydrogen) atoms. The molecule has 9 atom stereocenters. The largest absolute Gasteiger partial charge is 0.463 e. The Labute approximate surface area is 237 Å². The molecule has 5 N–H and O–H groups in total. The van der Waals surface area contributed by atoms with Gasteiger partial charge >= 0.3 is 18.0 Å². The molecule has 2 bridgehead atoms. The zero-order valence-electron chi connectivity index (χ0n) is 23.3. The first kappa shape index (κ1) is 31.9. The van der Waals surface area contributed by atoms with E-state index >= 15 is 0 Å². The van der Waals surface area contributed by atoms with Crippen molar-refractivity contribution in [1.29, 1.82) is 0 Å². The minimum atomic E-state index is -6.22. The summed E-state index contributed by atoms with van der Waals surface area (Å²) in [5.41, 5.74) is 4.10. The van der Waals surface area contributed by atoms with Crippen molar-refractivity contribution in [2.45, 2.75) is 82.9 Å². The number of likely N-dealkylation sites (tertiary alicyclic amines) is 1. The highest BCUT2D eigenvalue weighted by Gasteiger charge is 2.66. The summed E-state index contributed by atoms with van der Waals surface area (Å²) in [6.45, 7) is 4.26. The van der Waals surface area contributed by atoms with Crippen LogP contribution in [0.25, 0.3) is 0 Å². The van der Waals surface area contributed by atoms with Gasteiger partial charge < -0.3 is 26.6 Å². The highest BCUT2D eigenvalue weighted by atomic mass is 19.4. The lowest BCUT2D eigenvalue weighted by atomic mass is 9.77. The number of fused-ring (bicyclic) bond motifs is 5. The van der Waals surface area contributed by atoms with E-state index in [1.54, 1.807) is 5.32 Å². The molecular weight excluding hydrogens is 576 g/mol. The van der Waals surface area contributed by atoms with Crippen LogP contribution in [0.5, 0.6) is 0 Å². The van der Waals surface area contributed by atoms with E-state index in [0.717, 1.165) is 4.90 Å². The number of nitrogens with two attached hydrogens (primary N) is 1. The van der Waals surface area contributed by atoms with Crippen LogP contribution in [0.1, 0.15) is 46.5 Å². The summed E-state index contributed by atoms with van der Waals surface area (Å²) < 4.78 is 81.2. The van der Waals surface area contributed by atoms with E-state index in [1.165, 1.54) is 20.8 Å². The van der Waals surface area contributed by atoms with Gasteiger partial charge in [-0.05, 0) is 54.8 Å². The van der Waals surface area contributed by atoms with E-state index in [-0.39, 0.29) is 37.1 Å². The third-order valence-electron chi connectivity index (χ3n) is 9.19. The van der Waals surface area contributed by atoms with Gasteiger partial charge in [-0.2, -0.15) is 22.0 Å². The number of carbonyl (C=O) groups excluding carboxylic acids is 5. The van der Waals surface area contributed by atoms with Gasteiger partial charge in [-0.3, -0.25) is 24.0 Å². The van der Waals surface area contributed by atoms with Crippen molar-refractivity contribution in [2.75, 3.05) is 13.1 Å². The van der Waals surface area contributed by atoms with Crippen molar-refractivity contribution in [1.82, 2.24) is 20.9 Å². The van der Waals surface area contributed by atoms with Crippen molar-refractivity contribution in [3.05, 3.63) is 0 Å². The van der Waals surface area contributed by atoms with Gasteiger partial charge in [0.15, 0.2) is 0 Å². The van der Waals surface area contributed by atoms with Gasteiger partial charge in [-0.15, -0.1) is 0 Å². The number of halogens is 6. The van der Waals surface area contributed by atoms with E-state index in [0.29, 0.717) is 19.4 Å². The summed E-state index contributed by atoms with van der Waals surface area (Å²) >= 11 is 0. The maximum absolute atomic E-state index is 14.9. The summed E-state index contributed by atoms with van der Waals surface area (Å²) in [4.78, 5) is 65.0. The van der Waals surface area contributed by atoms with Crippen LogP contribution in [0, 0.1) is 35.0 Å². The summed E-state index contributed by atoms with van der Waals surface area (Å²) in [5.74, 6) is -14.3. The molecule has 0 radical (unpaired) electrons. The van der Waals surface area contributed by atoms with Crippen LogP contribution in [0.2, 0.25) is 0 Å². The third-order valence-corrected chi connectivity index (χ3v) is 9.19. The van der Waals surface area contributed by atoms with Crippen LogP contribution in [0.3, 0.4) is 0 Å². The van der Waals surface area contributed by atoms with Gasteiger partial charge in [0.1, 0.15) is 24.3 Å². The number of nitrogens with one attached hydrogen (secondary N) is 3. The maximum Gasteiger partial charge on any atom is 0.463 e. The molecule has 4 fully saturated rings. The molecule has 0 aromatic carbocycles. The van der Waals surface area contributed by atoms with Crippen LogP contribution < -0.4 is 21.7 Å². The van der Waals surface area contributed by atoms with Crippen molar-refractivity contribution in [3.8, 4) is 0 Å². The van der Waals surface area contributed by atoms with Crippen molar-refractivity contribution < 1.29 is 50.3 Å². The SMILES string of the molecule is CC(C)(C)[C@H](NC(=O)C(F)(F)C(F)(F)F)C(=O)N1C[C@@H]2[C@H]3C[C@@H]([C@@H]2[C@H]1C(=O)N[C@@H](C[C@@H]1CCNC1=O)C(N)=O)[C@H](F)C3. The molecule has 2 saturated heterocycles. The monoisotopic (exact) mass is 611 g/mol. The van der Waals surface area contributed by atoms with Gasteiger partial charge in [-0.1, -0.05) is 20.8 Å². The molecule has 10 nitrogen and oxygen atoms in total. The highest BCUT2D eigenvalue weighted by molar-refractivity contribution is 5.96. The molecule has 0 spiro atoms. The number of alkyl halides is 6. The Balaban J connectivity index is 1.63. The lowest BCUT2D eigenvalue weighted by molar-refractivity contribution is -0.270. The Kier molecular flexibility index (Phi) is 8.26. The van der Waals surface area contributed by atoms with Crippen LogP contribution in [0.4, 0.5) is 26.3 Å². The van der Waals surface area contributed by atoms with Crippen LogP contribution in [-0.2, 0) is 24.0 Å². The molecule has 4 aliphatic rings. The number of primary amides is 1. The van der Waals surface area contributed by atoms with Gasteiger partial charge in [0, 0.05) is 19.0 Å². The number of hydrogen-bond acceptors (Lipinski definition) is 5. The summed E-state index contributed by atoms with van der Waals surface area (Å²) in [5, 5.41) is 6.62. The normalized spacial score (nSPS) is 32.3. The quantitative estimate of drug-likeness (QED) is 0.303. The Bertz CT molecular complexity index is 1140. The Morgan fingerprint density at radius 3 is 2.21 bits per heavy atom. The second kappa shape index (κ2) is 10.9. The zero-order chi connectivity index (χ0) is 31.5. The minimum absolute atomic E-state index is 0.125.